The summed E-state index contributed by atoms with van der Waals surface area (Å²) in [6.07, 6.45) is 0.806. The van der Waals surface area contributed by atoms with E-state index in [9.17, 15) is 14.0 Å². The third-order valence-corrected chi connectivity index (χ3v) is 5.16. The summed E-state index contributed by atoms with van der Waals surface area (Å²) >= 11 is 5.84. The van der Waals surface area contributed by atoms with Gasteiger partial charge in [0.1, 0.15) is 17.4 Å². The number of amides is 1. The molecule has 0 fully saturated rings. The zero-order valence-electron chi connectivity index (χ0n) is 16.0. The van der Waals surface area contributed by atoms with E-state index in [1.165, 1.54) is 12.1 Å². The molecule has 1 aliphatic rings. The maximum absolute atomic E-state index is 13.4. The van der Waals surface area contributed by atoms with E-state index in [4.69, 9.17) is 16.3 Å². The van der Waals surface area contributed by atoms with E-state index >= 15 is 0 Å². The van der Waals surface area contributed by atoms with Crippen molar-refractivity contribution in [3.8, 4) is 5.75 Å². The molecule has 2 heterocycles. The third-order valence-electron chi connectivity index (χ3n) is 4.91. The van der Waals surface area contributed by atoms with Crippen molar-refractivity contribution in [1.29, 1.82) is 0 Å². The van der Waals surface area contributed by atoms with Crippen LogP contribution in [0.15, 0.2) is 53.3 Å². The van der Waals surface area contributed by atoms with Crippen molar-refractivity contribution in [2.24, 2.45) is 0 Å². The average Bonchev–Trinajstić information content (AvgIpc) is 2.73. The SMILES string of the molecule is O=C(COc1ccc(Cl)cc1)N1CCc2nc(Cc3cccc(F)c3)[nH]c(=O)c2C1. The second kappa shape index (κ2) is 8.67. The summed E-state index contributed by atoms with van der Waals surface area (Å²) in [7, 11) is 0. The minimum absolute atomic E-state index is 0.125. The number of nitrogens with one attached hydrogen (secondary N) is 1. The summed E-state index contributed by atoms with van der Waals surface area (Å²) in [5, 5.41) is 0.588. The predicted molar refractivity (Wildman–Crippen MR) is 110 cm³/mol. The summed E-state index contributed by atoms with van der Waals surface area (Å²) in [4.78, 5) is 34.0. The topological polar surface area (TPSA) is 75.3 Å². The van der Waals surface area contributed by atoms with Crippen molar-refractivity contribution in [3.05, 3.63) is 92.4 Å². The number of aromatic amines is 1. The monoisotopic (exact) mass is 427 g/mol. The summed E-state index contributed by atoms with van der Waals surface area (Å²) in [5.41, 5.74) is 1.60. The van der Waals surface area contributed by atoms with Gasteiger partial charge in [-0.15, -0.1) is 0 Å². The van der Waals surface area contributed by atoms with Gasteiger partial charge in [-0.3, -0.25) is 9.59 Å². The van der Waals surface area contributed by atoms with Gasteiger partial charge in [0.05, 0.1) is 17.8 Å². The van der Waals surface area contributed by atoms with E-state index < -0.39 is 0 Å². The van der Waals surface area contributed by atoms with Crippen LogP contribution < -0.4 is 10.3 Å². The molecule has 2 aromatic carbocycles. The van der Waals surface area contributed by atoms with Gasteiger partial charge in [-0.25, -0.2) is 9.37 Å². The highest BCUT2D eigenvalue weighted by Gasteiger charge is 2.24. The number of rotatable bonds is 5. The summed E-state index contributed by atoms with van der Waals surface area (Å²) < 4.78 is 18.9. The van der Waals surface area contributed by atoms with Gasteiger partial charge in [0.2, 0.25) is 0 Å². The number of fused-ring (bicyclic) bond motifs is 1. The molecule has 0 saturated heterocycles. The highest BCUT2D eigenvalue weighted by Crippen LogP contribution is 2.18. The molecular formula is C22H19ClFN3O3. The molecule has 30 heavy (non-hydrogen) atoms. The van der Waals surface area contributed by atoms with Crippen molar-refractivity contribution in [1.82, 2.24) is 14.9 Å². The van der Waals surface area contributed by atoms with Crippen molar-refractivity contribution >= 4 is 17.5 Å². The second-order valence-electron chi connectivity index (χ2n) is 7.05. The number of benzene rings is 2. The van der Waals surface area contributed by atoms with Crippen LogP contribution in [0.1, 0.15) is 22.6 Å². The molecule has 1 aliphatic heterocycles. The lowest BCUT2D eigenvalue weighted by atomic mass is 10.1. The number of H-pyrrole nitrogens is 1. The van der Waals surface area contributed by atoms with E-state index in [0.717, 1.165) is 5.56 Å². The van der Waals surface area contributed by atoms with E-state index in [0.29, 0.717) is 47.2 Å². The maximum atomic E-state index is 13.4. The van der Waals surface area contributed by atoms with E-state index in [1.807, 2.05) is 0 Å². The molecule has 1 aromatic heterocycles. The molecule has 1 N–H and O–H groups in total. The Balaban J connectivity index is 1.42. The normalized spacial score (nSPS) is 13.1. The largest absolute Gasteiger partial charge is 0.484 e. The molecule has 0 unspecified atom stereocenters. The molecule has 0 bridgehead atoms. The number of halogens is 2. The van der Waals surface area contributed by atoms with Crippen LogP contribution in [-0.2, 0) is 24.2 Å². The standard InChI is InChI=1S/C22H19ClFN3O3/c23-15-4-6-17(7-5-15)30-13-21(28)27-9-8-19-18(12-27)22(29)26-20(25-19)11-14-2-1-3-16(24)10-14/h1-7,10H,8-9,11-13H2,(H,25,26,29). The molecule has 0 saturated carbocycles. The lowest BCUT2D eigenvalue weighted by Gasteiger charge is -2.27. The first-order valence-electron chi connectivity index (χ1n) is 9.49. The van der Waals surface area contributed by atoms with E-state index in [-0.39, 0.29) is 30.4 Å². The van der Waals surface area contributed by atoms with Gasteiger partial charge < -0.3 is 14.6 Å². The number of carbonyl (C=O) groups excluding carboxylic acids is 1. The minimum Gasteiger partial charge on any atom is -0.484 e. The molecule has 154 valence electrons. The number of ether oxygens (including phenoxy) is 1. The molecular weight excluding hydrogens is 409 g/mol. The van der Waals surface area contributed by atoms with Crippen molar-refractivity contribution in [2.45, 2.75) is 19.4 Å². The fourth-order valence-corrected chi connectivity index (χ4v) is 3.51. The highest BCUT2D eigenvalue weighted by atomic mass is 35.5. The highest BCUT2D eigenvalue weighted by molar-refractivity contribution is 6.30. The molecule has 4 rings (SSSR count). The Hall–Kier alpha value is -3.19. The predicted octanol–water partition coefficient (Wildman–Crippen LogP) is 3.12. The van der Waals surface area contributed by atoms with Crippen LogP contribution in [0.5, 0.6) is 5.75 Å². The lowest BCUT2D eigenvalue weighted by molar-refractivity contribution is -0.134. The molecule has 0 aliphatic carbocycles. The smallest absolute Gasteiger partial charge is 0.260 e. The number of hydrogen-bond donors (Lipinski definition) is 1. The summed E-state index contributed by atoms with van der Waals surface area (Å²) in [6, 6.07) is 12.9. The van der Waals surface area contributed by atoms with Gasteiger partial charge in [-0.1, -0.05) is 23.7 Å². The minimum atomic E-state index is -0.331. The van der Waals surface area contributed by atoms with Gasteiger partial charge in [0.25, 0.3) is 11.5 Å². The van der Waals surface area contributed by atoms with E-state index in [1.54, 1.807) is 41.3 Å². The van der Waals surface area contributed by atoms with Crippen LogP contribution >= 0.6 is 11.6 Å². The zero-order chi connectivity index (χ0) is 21.1. The van der Waals surface area contributed by atoms with Gasteiger partial charge >= 0.3 is 0 Å². The average molecular weight is 428 g/mol. The molecule has 6 nitrogen and oxygen atoms in total. The third kappa shape index (κ3) is 4.68. The lowest BCUT2D eigenvalue weighted by Crippen LogP contribution is -2.41. The molecule has 0 spiro atoms. The summed E-state index contributed by atoms with van der Waals surface area (Å²) in [5.74, 6) is 0.489. The van der Waals surface area contributed by atoms with Crippen LogP contribution in [0.25, 0.3) is 0 Å². The molecule has 0 atom stereocenters. The Morgan fingerprint density at radius 2 is 2.03 bits per heavy atom. The maximum Gasteiger partial charge on any atom is 0.260 e. The van der Waals surface area contributed by atoms with Crippen molar-refractivity contribution in [3.63, 3.8) is 0 Å². The first-order chi connectivity index (χ1) is 14.5. The Kier molecular flexibility index (Phi) is 5.81. The quantitative estimate of drug-likeness (QED) is 0.678. The number of hydrogen-bond acceptors (Lipinski definition) is 4. The van der Waals surface area contributed by atoms with Gasteiger partial charge in [0.15, 0.2) is 6.61 Å². The molecule has 1 amide bonds. The van der Waals surface area contributed by atoms with Crippen molar-refractivity contribution in [2.75, 3.05) is 13.2 Å². The van der Waals surface area contributed by atoms with Gasteiger partial charge in [0, 0.05) is 24.4 Å². The second-order valence-corrected chi connectivity index (χ2v) is 7.49. The first-order valence-corrected chi connectivity index (χ1v) is 9.87. The van der Waals surface area contributed by atoms with Crippen LogP contribution in [-0.4, -0.2) is 33.9 Å². The Bertz CT molecular complexity index is 1130. The number of carbonyl (C=O) groups is 1. The Labute approximate surface area is 177 Å². The van der Waals surface area contributed by atoms with Crippen LogP contribution in [0.2, 0.25) is 5.02 Å². The van der Waals surface area contributed by atoms with Gasteiger partial charge in [-0.2, -0.15) is 0 Å². The first kappa shape index (κ1) is 20.1. The molecule has 8 heteroatoms. The summed E-state index contributed by atoms with van der Waals surface area (Å²) in [6.45, 7) is 0.506. The van der Waals surface area contributed by atoms with Crippen LogP contribution in [0.3, 0.4) is 0 Å². The van der Waals surface area contributed by atoms with Crippen LogP contribution in [0.4, 0.5) is 4.39 Å². The Morgan fingerprint density at radius 3 is 2.80 bits per heavy atom. The van der Waals surface area contributed by atoms with Crippen molar-refractivity contribution < 1.29 is 13.9 Å². The van der Waals surface area contributed by atoms with Gasteiger partial charge in [-0.05, 0) is 42.0 Å². The number of aromatic nitrogens is 2. The number of nitrogens with zero attached hydrogens (tertiary/aromatic N) is 2. The Morgan fingerprint density at radius 1 is 1.23 bits per heavy atom. The van der Waals surface area contributed by atoms with Crippen LogP contribution in [0, 0.1) is 5.82 Å². The molecule has 0 radical (unpaired) electrons. The fourth-order valence-electron chi connectivity index (χ4n) is 3.38. The van der Waals surface area contributed by atoms with E-state index in [2.05, 4.69) is 9.97 Å². The fraction of sp³-hybridized carbons (Fsp3) is 0.227. The zero-order valence-corrected chi connectivity index (χ0v) is 16.8. The molecule has 3 aromatic rings.